The van der Waals surface area contributed by atoms with Crippen LogP contribution >= 0.6 is 0 Å². The third-order valence-electron chi connectivity index (χ3n) is 3.03. The van der Waals surface area contributed by atoms with E-state index in [0.29, 0.717) is 6.42 Å². The first-order valence-corrected chi connectivity index (χ1v) is 7.25. The molecule has 5 nitrogen and oxygen atoms in total. The second kappa shape index (κ2) is 12.1. The standard InChI is InChI=1S/C14H28N2O3/c1-2-3-4-5-6-7-8-9-13(17)12(16)11-19-14(18)10-15/h12H,2-11,15-16H2,1H3/t12-/m0/s1. The zero-order chi connectivity index (χ0) is 14.5. The third kappa shape index (κ3) is 10.7. The van der Waals surface area contributed by atoms with E-state index < -0.39 is 12.0 Å². The Kier molecular flexibility index (Phi) is 11.5. The highest BCUT2D eigenvalue weighted by atomic mass is 16.5. The van der Waals surface area contributed by atoms with Gasteiger partial charge >= 0.3 is 5.97 Å². The Hall–Kier alpha value is -0.940. The molecule has 0 aliphatic heterocycles. The number of rotatable bonds is 12. The van der Waals surface area contributed by atoms with Gasteiger partial charge in [-0.05, 0) is 6.42 Å². The largest absolute Gasteiger partial charge is 0.463 e. The molecule has 0 aliphatic carbocycles. The summed E-state index contributed by atoms with van der Waals surface area (Å²) in [6.45, 7) is 1.95. The van der Waals surface area contributed by atoms with Gasteiger partial charge in [-0.25, -0.2) is 0 Å². The summed E-state index contributed by atoms with van der Waals surface area (Å²) >= 11 is 0. The quantitative estimate of drug-likeness (QED) is 0.415. The van der Waals surface area contributed by atoms with Gasteiger partial charge in [-0.3, -0.25) is 9.59 Å². The first-order valence-electron chi connectivity index (χ1n) is 7.25. The molecule has 19 heavy (non-hydrogen) atoms. The number of carbonyl (C=O) groups is 2. The van der Waals surface area contributed by atoms with Gasteiger partial charge in [0.1, 0.15) is 6.61 Å². The van der Waals surface area contributed by atoms with Crippen molar-refractivity contribution >= 4 is 11.8 Å². The van der Waals surface area contributed by atoms with Gasteiger partial charge < -0.3 is 16.2 Å². The number of unbranched alkanes of at least 4 members (excludes halogenated alkanes) is 6. The summed E-state index contributed by atoms with van der Waals surface area (Å²) in [7, 11) is 0. The van der Waals surface area contributed by atoms with Crippen molar-refractivity contribution in [3.05, 3.63) is 0 Å². The highest BCUT2D eigenvalue weighted by molar-refractivity contribution is 5.84. The van der Waals surface area contributed by atoms with Gasteiger partial charge in [-0.2, -0.15) is 0 Å². The molecule has 0 aliphatic rings. The molecule has 0 saturated carbocycles. The van der Waals surface area contributed by atoms with Gasteiger partial charge in [0.15, 0.2) is 5.78 Å². The lowest BCUT2D eigenvalue weighted by atomic mass is 10.0. The van der Waals surface area contributed by atoms with E-state index in [-0.39, 0.29) is 18.9 Å². The van der Waals surface area contributed by atoms with Gasteiger partial charge in [0, 0.05) is 6.42 Å². The van der Waals surface area contributed by atoms with Crippen molar-refractivity contribution in [1.82, 2.24) is 0 Å². The Balaban J connectivity index is 3.49. The zero-order valence-corrected chi connectivity index (χ0v) is 12.0. The minimum absolute atomic E-state index is 0.0432. The van der Waals surface area contributed by atoms with Crippen molar-refractivity contribution in [2.75, 3.05) is 13.2 Å². The lowest BCUT2D eigenvalue weighted by Crippen LogP contribution is -2.36. The summed E-state index contributed by atoms with van der Waals surface area (Å²) < 4.78 is 4.74. The number of ether oxygens (including phenoxy) is 1. The first-order chi connectivity index (χ1) is 9.11. The molecular formula is C14H28N2O3. The van der Waals surface area contributed by atoms with Crippen molar-refractivity contribution in [2.45, 2.75) is 64.3 Å². The number of carbonyl (C=O) groups excluding carboxylic acids is 2. The SMILES string of the molecule is CCCCCCCCCC(=O)[C@@H](N)COC(=O)CN. The van der Waals surface area contributed by atoms with Crippen molar-refractivity contribution in [2.24, 2.45) is 11.5 Å². The van der Waals surface area contributed by atoms with Crippen LogP contribution in [0.2, 0.25) is 0 Å². The van der Waals surface area contributed by atoms with E-state index in [1.165, 1.54) is 32.1 Å². The van der Waals surface area contributed by atoms with Crippen LogP contribution in [0, 0.1) is 0 Å². The van der Waals surface area contributed by atoms with E-state index in [4.69, 9.17) is 16.2 Å². The van der Waals surface area contributed by atoms with Gasteiger partial charge in [0.25, 0.3) is 0 Å². The number of esters is 1. The maximum absolute atomic E-state index is 11.6. The van der Waals surface area contributed by atoms with Crippen LogP contribution in [0.5, 0.6) is 0 Å². The summed E-state index contributed by atoms with van der Waals surface area (Å²) in [6, 6.07) is -0.712. The Morgan fingerprint density at radius 3 is 2.21 bits per heavy atom. The second-order valence-electron chi connectivity index (χ2n) is 4.83. The van der Waals surface area contributed by atoms with Crippen LogP contribution in [0.3, 0.4) is 0 Å². The fourth-order valence-electron chi connectivity index (χ4n) is 1.78. The van der Waals surface area contributed by atoms with Crippen LogP contribution in [-0.4, -0.2) is 30.9 Å². The Morgan fingerprint density at radius 2 is 1.63 bits per heavy atom. The van der Waals surface area contributed by atoms with Crippen LogP contribution in [0.15, 0.2) is 0 Å². The molecule has 0 aromatic carbocycles. The minimum atomic E-state index is -0.712. The molecule has 0 radical (unpaired) electrons. The molecule has 0 bridgehead atoms. The number of Topliss-reactive ketones (excluding diaryl/α,β-unsaturated/α-hetero) is 1. The highest BCUT2D eigenvalue weighted by Gasteiger charge is 2.14. The number of hydrogen-bond donors (Lipinski definition) is 2. The van der Waals surface area contributed by atoms with E-state index in [1.807, 2.05) is 0 Å². The molecule has 0 aromatic heterocycles. The zero-order valence-electron chi connectivity index (χ0n) is 12.0. The lowest BCUT2D eigenvalue weighted by molar-refractivity contribution is -0.143. The maximum atomic E-state index is 11.6. The maximum Gasteiger partial charge on any atom is 0.319 e. The van der Waals surface area contributed by atoms with Gasteiger partial charge in [0.2, 0.25) is 0 Å². The molecule has 5 heteroatoms. The van der Waals surface area contributed by atoms with Crippen molar-refractivity contribution < 1.29 is 14.3 Å². The summed E-state index contributed by atoms with van der Waals surface area (Å²) in [6.07, 6.45) is 8.61. The molecule has 0 saturated heterocycles. The van der Waals surface area contributed by atoms with Crippen LogP contribution in [0.1, 0.15) is 58.3 Å². The Labute approximate surface area is 116 Å². The second-order valence-corrected chi connectivity index (χ2v) is 4.83. The minimum Gasteiger partial charge on any atom is -0.463 e. The highest BCUT2D eigenvalue weighted by Crippen LogP contribution is 2.09. The normalized spacial score (nSPS) is 12.2. The smallest absolute Gasteiger partial charge is 0.319 e. The molecular weight excluding hydrogens is 244 g/mol. The average molecular weight is 272 g/mol. The summed E-state index contributed by atoms with van der Waals surface area (Å²) in [5.74, 6) is -0.572. The molecule has 1 atom stereocenters. The van der Waals surface area contributed by atoms with Crippen molar-refractivity contribution in [3.63, 3.8) is 0 Å². The Morgan fingerprint density at radius 1 is 1.05 bits per heavy atom. The molecule has 0 amide bonds. The van der Waals surface area contributed by atoms with Gasteiger partial charge in [-0.1, -0.05) is 45.4 Å². The summed E-state index contributed by atoms with van der Waals surface area (Å²) in [5, 5.41) is 0. The monoisotopic (exact) mass is 272 g/mol. The van der Waals surface area contributed by atoms with Crippen LogP contribution < -0.4 is 11.5 Å². The van der Waals surface area contributed by atoms with Crippen LogP contribution in [0.25, 0.3) is 0 Å². The topological polar surface area (TPSA) is 95.4 Å². The average Bonchev–Trinajstić information content (AvgIpc) is 2.42. The fourth-order valence-corrected chi connectivity index (χ4v) is 1.78. The van der Waals surface area contributed by atoms with E-state index in [2.05, 4.69) is 6.92 Å². The molecule has 0 unspecified atom stereocenters. The molecule has 4 N–H and O–H groups in total. The van der Waals surface area contributed by atoms with E-state index >= 15 is 0 Å². The molecule has 0 spiro atoms. The van der Waals surface area contributed by atoms with Gasteiger partial charge in [-0.15, -0.1) is 0 Å². The number of hydrogen-bond acceptors (Lipinski definition) is 5. The number of ketones is 1. The molecule has 0 rings (SSSR count). The molecule has 112 valence electrons. The third-order valence-corrected chi connectivity index (χ3v) is 3.03. The summed E-state index contributed by atoms with van der Waals surface area (Å²) in [5.41, 5.74) is 10.7. The van der Waals surface area contributed by atoms with Crippen molar-refractivity contribution in [1.29, 1.82) is 0 Å². The van der Waals surface area contributed by atoms with Gasteiger partial charge in [0.05, 0.1) is 12.6 Å². The summed E-state index contributed by atoms with van der Waals surface area (Å²) in [4.78, 5) is 22.4. The van der Waals surface area contributed by atoms with E-state index in [0.717, 1.165) is 12.8 Å². The van der Waals surface area contributed by atoms with E-state index in [9.17, 15) is 9.59 Å². The van der Waals surface area contributed by atoms with Crippen molar-refractivity contribution in [3.8, 4) is 0 Å². The fraction of sp³-hybridized carbons (Fsp3) is 0.857. The molecule has 0 fully saturated rings. The van der Waals surface area contributed by atoms with E-state index in [1.54, 1.807) is 0 Å². The van der Waals surface area contributed by atoms with Crippen LogP contribution in [-0.2, 0) is 14.3 Å². The lowest BCUT2D eigenvalue weighted by Gasteiger charge is -2.10. The molecule has 0 heterocycles. The Bertz CT molecular complexity index is 257. The number of nitrogens with two attached hydrogens (primary N) is 2. The molecule has 0 aromatic rings. The predicted octanol–water partition coefficient (Wildman–Crippen LogP) is 1.53. The predicted molar refractivity (Wildman–Crippen MR) is 75.6 cm³/mol. The first kappa shape index (κ1) is 18.1. The van der Waals surface area contributed by atoms with Crippen LogP contribution in [0.4, 0.5) is 0 Å².